The summed E-state index contributed by atoms with van der Waals surface area (Å²) in [5.74, 6) is 1.07. The molecular weight excluding hydrogens is 240 g/mol. The molecule has 1 aromatic carbocycles. The molecule has 96 valence electrons. The van der Waals surface area contributed by atoms with Gasteiger partial charge in [0.15, 0.2) is 0 Å². The fourth-order valence-corrected chi connectivity index (χ4v) is 1.60. The maximum absolute atomic E-state index is 8.73. The summed E-state index contributed by atoms with van der Waals surface area (Å²) in [6.45, 7) is 2.48. The van der Waals surface area contributed by atoms with E-state index < -0.39 is 0 Å². The van der Waals surface area contributed by atoms with Gasteiger partial charge in [-0.3, -0.25) is 0 Å². The molecule has 0 aliphatic heterocycles. The van der Waals surface area contributed by atoms with Gasteiger partial charge in [-0.1, -0.05) is 12.1 Å². The maximum atomic E-state index is 8.73. The lowest BCUT2D eigenvalue weighted by atomic mass is 10.1. The Kier molecular flexibility index (Phi) is 3.94. The first-order valence-electron chi connectivity index (χ1n) is 5.84. The van der Waals surface area contributed by atoms with E-state index in [4.69, 9.17) is 10.00 Å². The zero-order valence-corrected chi connectivity index (χ0v) is 10.8. The van der Waals surface area contributed by atoms with E-state index in [1.165, 1.54) is 0 Å². The number of ether oxygens (including phenoxy) is 1. The highest BCUT2D eigenvalue weighted by atomic mass is 16.5. The molecule has 0 saturated carbocycles. The Labute approximate surface area is 111 Å². The number of hydrogen-bond donors (Lipinski definition) is 1. The van der Waals surface area contributed by atoms with Crippen LogP contribution >= 0.6 is 0 Å². The average molecular weight is 254 g/mol. The Morgan fingerprint density at radius 1 is 1.26 bits per heavy atom. The van der Waals surface area contributed by atoms with Crippen LogP contribution in [0.4, 0.5) is 5.95 Å². The zero-order valence-electron chi connectivity index (χ0n) is 10.8. The maximum Gasteiger partial charge on any atom is 0.226 e. The molecular formula is C14H14N4O. The second-order valence-corrected chi connectivity index (χ2v) is 4.04. The molecule has 0 saturated heterocycles. The minimum atomic E-state index is 0.529. The van der Waals surface area contributed by atoms with Crippen molar-refractivity contribution < 1.29 is 4.74 Å². The molecule has 5 heteroatoms. The van der Waals surface area contributed by atoms with Crippen LogP contribution < -0.4 is 10.1 Å². The first-order valence-corrected chi connectivity index (χ1v) is 5.84. The van der Waals surface area contributed by atoms with Crippen LogP contribution in [0.15, 0.2) is 30.3 Å². The Morgan fingerprint density at radius 3 is 2.63 bits per heavy atom. The molecule has 0 aliphatic carbocycles. The van der Waals surface area contributed by atoms with E-state index in [-0.39, 0.29) is 0 Å². The van der Waals surface area contributed by atoms with E-state index in [2.05, 4.69) is 21.4 Å². The van der Waals surface area contributed by atoms with E-state index in [1.807, 2.05) is 19.1 Å². The van der Waals surface area contributed by atoms with Gasteiger partial charge in [-0.15, -0.1) is 0 Å². The third kappa shape index (κ3) is 3.42. The lowest BCUT2D eigenvalue weighted by Gasteiger charge is -2.07. The number of anilines is 1. The largest absolute Gasteiger partial charge is 0.481 e. The molecule has 5 nitrogen and oxygen atoms in total. The number of rotatable bonds is 4. The van der Waals surface area contributed by atoms with Crippen LogP contribution in [0, 0.1) is 18.3 Å². The predicted molar refractivity (Wildman–Crippen MR) is 71.8 cm³/mol. The first-order chi connectivity index (χ1) is 9.21. The number of hydrogen-bond acceptors (Lipinski definition) is 5. The smallest absolute Gasteiger partial charge is 0.226 e. The Bertz CT molecular complexity index is 602. The summed E-state index contributed by atoms with van der Waals surface area (Å²) in [5, 5.41) is 11.9. The number of nitriles is 1. The van der Waals surface area contributed by atoms with Crippen LogP contribution in [0.2, 0.25) is 0 Å². The van der Waals surface area contributed by atoms with Crippen LogP contribution in [-0.2, 0) is 6.54 Å². The van der Waals surface area contributed by atoms with Crippen molar-refractivity contribution in [3.8, 4) is 11.9 Å². The Morgan fingerprint density at radius 2 is 2.00 bits per heavy atom. The van der Waals surface area contributed by atoms with Crippen molar-refractivity contribution in [2.45, 2.75) is 13.5 Å². The second kappa shape index (κ2) is 5.83. The van der Waals surface area contributed by atoms with Crippen molar-refractivity contribution in [3.05, 3.63) is 47.2 Å². The van der Waals surface area contributed by atoms with Crippen molar-refractivity contribution in [2.24, 2.45) is 0 Å². The van der Waals surface area contributed by atoms with Crippen molar-refractivity contribution in [3.63, 3.8) is 0 Å². The van der Waals surface area contributed by atoms with Gasteiger partial charge in [-0.2, -0.15) is 10.2 Å². The van der Waals surface area contributed by atoms with Crippen molar-refractivity contribution in [2.75, 3.05) is 12.4 Å². The standard InChI is InChI=1S/C14H14N4O/c1-10-7-13(19-2)18-14(17-10)16-9-12-5-3-11(8-15)4-6-12/h3-7H,9H2,1-2H3,(H,16,17,18). The minimum absolute atomic E-state index is 0.529. The van der Waals surface area contributed by atoms with Crippen molar-refractivity contribution in [1.82, 2.24) is 9.97 Å². The molecule has 0 aliphatic rings. The van der Waals surface area contributed by atoms with E-state index in [9.17, 15) is 0 Å². The lowest BCUT2D eigenvalue weighted by Crippen LogP contribution is -2.05. The number of benzene rings is 1. The Hall–Kier alpha value is -2.61. The van der Waals surface area contributed by atoms with Crippen LogP contribution in [0.25, 0.3) is 0 Å². The lowest BCUT2D eigenvalue weighted by molar-refractivity contribution is 0.397. The first kappa shape index (κ1) is 12.8. The molecule has 0 bridgehead atoms. The third-order valence-electron chi connectivity index (χ3n) is 2.57. The van der Waals surface area contributed by atoms with Gasteiger partial charge in [0.25, 0.3) is 0 Å². The molecule has 0 spiro atoms. The molecule has 2 aromatic rings. The highest BCUT2D eigenvalue weighted by Gasteiger charge is 2.02. The number of methoxy groups -OCH3 is 1. The molecule has 2 rings (SSSR count). The van der Waals surface area contributed by atoms with Crippen molar-refractivity contribution >= 4 is 5.95 Å². The van der Waals surface area contributed by atoms with E-state index in [0.717, 1.165) is 11.3 Å². The van der Waals surface area contributed by atoms with Gasteiger partial charge >= 0.3 is 0 Å². The van der Waals surface area contributed by atoms with Gasteiger partial charge in [0.2, 0.25) is 11.8 Å². The van der Waals surface area contributed by atoms with Gasteiger partial charge in [0.1, 0.15) is 0 Å². The molecule has 1 aromatic heterocycles. The van der Waals surface area contributed by atoms with Gasteiger partial charge in [-0.05, 0) is 24.6 Å². The van der Waals surface area contributed by atoms with Gasteiger partial charge < -0.3 is 10.1 Å². The molecule has 1 heterocycles. The second-order valence-electron chi connectivity index (χ2n) is 4.04. The summed E-state index contributed by atoms with van der Waals surface area (Å²) < 4.78 is 5.09. The summed E-state index contributed by atoms with van der Waals surface area (Å²) in [5.41, 5.74) is 2.55. The van der Waals surface area contributed by atoms with Gasteiger partial charge in [0.05, 0.1) is 18.7 Å². The van der Waals surface area contributed by atoms with Crippen LogP contribution in [-0.4, -0.2) is 17.1 Å². The highest BCUT2D eigenvalue weighted by molar-refractivity contribution is 5.35. The molecule has 0 amide bonds. The summed E-state index contributed by atoms with van der Waals surface area (Å²) in [7, 11) is 1.58. The predicted octanol–water partition coefficient (Wildman–Crippen LogP) is 2.28. The number of aryl methyl sites for hydroxylation is 1. The average Bonchev–Trinajstić information content (AvgIpc) is 2.45. The number of nitrogens with zero attached hydrogens (tertiary/aromatic N) is 3. The van der Waals surface area contributed by atoms with E-state index in [0.29, 0.717) is 23.9 Å². The fraction of sp³-hybridized carbons (Fsp3) is 0.214. The minimum Gasteiger partial charge on any atom is -0.481 e. The number of aromatic nitrogens is 2. The number of nitrogens with one attached hydrogen (secondary N) is 1. The van der Waals surface area contributed by atoms with Crippen LogP contribution in [0.3, 0.4) is 0 Å². The van der Waals surface area contributed by atoms with Gasteiger partial charge in [0, 0.05) is 18.3 Å². The van der Waals surface area contributed by atoms with E-state index in [1.54, 1.807) is 25.3 Å². The van der Waals surface area contributed by atoms with E-state index >= 15 is 0 Å². The molecule has 0 fully saturated rings. The van der Waals surface area contributed by atoms with Crippen LogP contribution in [0.5, 0.6) is 5.88 Å². The summed E-state index contributed by atoms with van der Waals surface area (Å²) in [6, 6.07) is 11.2. The summed E-state index contributed by atoms with van der Waals surface area (Å²) >= 11 is 0. The van der Waals surface area contributed by atoms with Gasteiger partial charge in [-0.25, -0.2) is 4.98 Å². The highest BCUT2D eigenvalue weighted by Crippen LogP contribution is 2.12. The van der Waals surface area contributed by atoms with Crippen molar-refractivity contribution in [1.29, 1.82) is 5.26 Å². The Balaban J connectivity index is 2.05. The molecule has 19 heavy (non-hydrogen) atoms. The normalized spacial score (nSPS) is 9.74. The molecule has 0 radical (unpaired) electrons. The monoisotopic (exact) mass is 254 g/mol. The SMILES string of the molecule is COc1cc(C)nc(NCc2ccc(C#N)cc2)n1. The quantitative estimate of drug-likeness (QED) is 0.906. The molecule has 1 N–H and O–H groups in total. The molecule has 0 unspecified atom stereocenters. The zero-order chi connectivity index (χ0) is 13.7. The fourth-order valence-electron chi connectivity index (χ4n) is 1.60. The third-order valence-corrected chi connectivity index (χ3v) is 2.57. The summed E-state index contributed by atoms with van der Waals surface area (Å²) in [4.78, 5) is 8.48. The summed E-state index contributed by atoms with van der Waals surface area (Å²) in [6.07, 6.45) is 0. The van der Waals surface area contributed by atoms with Crippen LogP contribution in [0.1, 0.15) is 16.8 Å². The topological polar surface area (TPSA) is 70.8 Å². The molecule has 0 atom stereocenters.